The highest BCUT2D eigenvalue weighted by atomic mass is 127. The molecule has 1 saturated carbocycles. The number of carboxylic acid groups (broad SMARTS) is 1. The number of anilines is 1. The molecule has 1 aliphatic carbocycles. The molecule has 1 aromatic rings. The number of nitrogens with zero attached hydrogens (tertiary/aromatic N) is 1. The summed E-state index contributed by atoms with van der Waals surface area (Å²) in [5.74, 6) is 0.250. The minimum atomic E-state index is -1.43. The number of hydrogen-bond acceptors (Lipinski definition) is 4. The molecule has 0 aliphatic heterocycles. The second-order valence-electron chi connectivity index (χ2n) is 3.64. The summed E-state index contributed by atoms with van der Waals surface area (Å²) in [6.45, 7) is 0. The van der Waals surface area contributed by atoms with Gasteiger partial charge in [-0.05, 0) is 41.5 Å². The Kier molecular flexibility index (Phi) is 3.46. The lowest BCUT2D eigenvalue weighted by molar-refractivity contribution is -0.117. The quantitative estimate of drug-likeness (QED) is 0.645. The normalized spacial score (nSPS) is 14.2. The molecule has 0 saturated heterocycles. The Morgan fingerprint density at radius 3 is 2.76 bits per heavy atom. The van der Waals surface area contributed by atoms with Crippen LogP contribution in [0, 0.1) is 9.49 Å². The van der Waals surface area contributed by atoms with Gasteiger partial charge in [0.2, 0.25) is 11.8 Å². The fourth-order valence-corrected chi connectivity index (χ4v) is 1.81. The summed E-state index contributed by atoms with van der Waals surface area (Å²) in [6, 6.07) is 3.12. The zero-order valence-corrected chi connectivity index (χ0v) is 10.8. The number of pyridine rings is 1. The SMILES string of the molecule is O=C(O)Oc1cc(I)cc(NC(=O)C2CC2)n1. The molecule has 7 heteroatoms. The molecule has 2 N–H and O–H groups in total. The van der Waals surface area contributed by atoms with E-state index in [9.17, 15) is 9.59 Å². The molecular formula is C10H9IN2O4. The van der Waals surface area contributed by atoms with E-state index >= 15 is 0 Å². The van der Waals surface area contributed by atoms with Gasteiger partial charge >= 0.3 is 6.16 Å². The maximum atomic E-state index is 11.5. The predicted octanol–water partition coefficient (Wildman–Crippen LogP) is 2.09. The van der Waals surface area contributed by atoms with Crippen LogP contribution >= 0.6 is 22.6 Å². The van der Waals surface area contributed by atoms with Crippen molar-refractivity contribution in [3.8, 4) is 5.88 Å². The zero-order chi connectivity index (χ0) is 12.4. The number of halogens is 1. The van der Waals surface area contributed by atoms with Gasteiger partial charge in [0.1, 0.15) is 5.82 Å². The number of carbonyl (C=O) groups excluding carboxylic acids is 1. The Morgan fingerprint density at radius 1 is 1.47 bits per heavy atom. The van der Waals surface area contributed by atoms with Gasteiger partial charge in [-0.1, -0.05) is 0 Å². The topological polar surface area (TPSA) is 88.5 Å². The van der Waals surface area contributed by atoms with E-state index in [0.717, 1.165) is 16.4 Å². The number of ether oxygens (including phenoxy) is 1. The van der Waals surface area contributed by atoms with Crippen molar-refractivity contribution in [1.82, 2.24) is 4.98 Å². The van der Waals surface area contributed by atoms with Crippen LogP contribution < -0.4 is 10.1 Å². The van der Waals surface area contributed by atoms with Crippen molar-refractivity contribution in [3.05, 3.63) is 15.7 Å². The number of aromatic nitrogens is 1. The summed E-state index contributed by atoms with van der Waals surface area (Å²) in [5.41, 5.74) is 0. The minimum absolute atomic E-state index is 0.0458. The van der Waals surface area contributed by atoms with Crippen LogP contribution in [-0.2, 0) is 4.79 Å². The van der Waals surface area contributed by atoms with Crippen molar-refractivity contribution in [1.29, 1.82) is 0 Å². The molecule has 2 rings (SSSR count). The highest BCUT2D eigenvalue weighted by molar-refractivity contribution is 14.1. The second-order valence-corrected chi connectivity index (χ2v) is 4.89. The van der Waals surface area contributed by atoms with Crippen molar-refractivity contribution in [3.63, 3.8) is 0 Å². The first-order chi connectivity index (χ1) is 8.04. The number of nitrogens with one attached hydrogen (secondary N) is 1. The molecule has 6 nitrogen and oxygen atoms in total. The third-order valence-corrected chi connectivity index (χ3v) is 2.78. The fourth-order valence-electron chi connectivity index (χ4n) is 1.25. The van der Waals surface area contributed by atoms with Gasteiger partial charge in [0, 0.05) is 15.6 Å². The fraction of sp³-hybridized carbons (Fsp3) is 0.300. The predicted molar refractivity (Wildman–Crippen MR) is 67.0 cm³/mol. The lowest BCUT2D eigenvalue weighted by atomic mass is 10.4. The van der Waals surface area contributed by atoms with Gasteiger partial charge in [0.15, 0.2) is 0 Å². The Labute approximate surface area is 111 Å². The van der Waals surface area contributed by atoms with Gasteiger partial charge in [0.05, 0.1) is 0 Å². The van der Waals surface area contributed by atoms with E-state index in [1.165, 1.54) is 6.07 Å². The standard InChI is InChI=1S/C10H9IN2O4/c11-6-3-7(13-9(14)5-1-2-5)12-8(4-6)17-10(15)16/h3-5H,1-2H2,(H,15,16)(H,12,13,14). The van der Waals surface area contributed by atoms with Crippen LogP contribution in [-0.4, -0.2) is 22.2 Å². The van der Waals surface area contributed by atoms with Crippen molar-refractivity contribution in [2.24, 2.45) is 5.92 Å². The summed E-state index contributed by atoms with van der Waals surface area (Å²) in [6.07, 6.45) is 0.363. The van der Waals surface area contributed by atoms with Gasteiger partial charge in [0.25, 0.3) is 0 Å². The average Bonchev–Trinajstić information content (AvgIpc) is 2.97. The number of hydrogen-bond donors (Lipinski definition) is 2. The second kappa shape index (κ2) is 4.86. The van der Waals surface area contributed by atoms with Crippen molar-refractivity contribution in [2.45, 2.75) is 12.8 Å². The van der Waals surface area contributed by atoms with Crippen LogP contribution in [0.4, 0.5) is 10.6 Å². The number of rotatable bonds is 3. The van der Waals surface area contributed by atoms with Gasteiger partial charge in [-0.15, -0.1) is 0 Å². The summed E-state index contributed by atoms with van der Waals surface area (Å²) in [7, 11) is 0. The molecule has 17 heavy (non-hydrogen) atoms. The largest absolute Gasteiger partial charge is 0.512 e. The third kappa shape index (κ3) is 3.55. The van der Waals surface area contributed by atoms with Crippen LogP contribution in [0.5, 0.6) is 5.88 Å². The van der Waals surface area contributed by atoms with Crippen LogP contribution in [0.1, 0.15) is 12.8 Å². The summed E-state index contributed by atoms with van der Waals surface area (Å²) < 4.78 is 5.18. The van der Waals surface area contributed by atoms with Gasteiger partial charge in [-0.3, -0.25) is 4.79 Å². The molecule has 0 radical (unpaired) electrons. The van der Waals surface area contributed by atoms with Crippen LogP contribution in [0.25, 0.3) is 0 Å². The van der Waals surface area contributed by atoms with Gasteiger partial charge < -0.3 is 15.2 Å². The van der Waals surface area contributed by atoms with Crippen LogP contribution in [0.2, 0.25) is 0 Å². The molecule has 0 bridgehead atoms. The van der Waals surface area contributed by atoms with Crippen molar-refractivity contribution < 1.29 is 19.4 Å². The van der Waals surface area contributed by atoms with E-state index in [0.29, 0.717) is 5.82 Å². The molecular weight excluding hydrogens is 339 g/mol. The first kappa shape index (κ1) is 12.1. The smallest absolute Gasteiger partial charge is 0.449 e. The maximum absolute atomic E-state index is 11.5. The first-order valence-corrected chi connectivity index (χ1v) is 6.01. The van der Waals surface area contributed by atoms with E-state index in [1.807, 2.05) is 22.6 Å². The highest BCUT2D eigenvalue weighted by Gasteiger charge is 2.29. The van der Waals surface area contributed by atoms with Gasteiger partial charge in [-0.25, -0.2) is 4.79 Å². The molecule has 0 unspecified atom stereocenters. The zero-order valence-electron chi connectivity index (χ0n) is 8.64. The molecule has 0 atom stereocenters. The lowest BCUT2D eigenvalue weighted by Crippen LogP contribution is -2.15. The number of amides is 1. The van der Waals surface area contributed by atoms with Crippen LogP contribution in [0.15, 0.2) is 12.1 Å². The summed E-state index contributed by atoms with van der Waals surface area (Å²) >= 11 is 1.99. The van der Waals surface area contributed by atoms with E-state index in [1.54, 1.807) is 6.07 Å². The van der Waals surface area contributed by atoms with Crippen LogP contribution in [0.3, 0.4) is 0 Å². The molecule has 0 aromatic carbocycles. The van der Waals surface area contributed by atoms with Crippen molar-refractivity contribution in [2.75, 3.05) is 5.32 Å². The van der Waals surface area contributed by atoms with E-state index < -0.39 is 6.16 Å². The number of carbonyl (C=O) groups is 2. The Morgan fingerprint density at radius 2 is 2.18 bits per heavy atom. The highest BCUT2D eigenvalue weighted by Crippen LogP contribution is 2.30. The monoisotopic (exact) mass is 348 g/mol. The Bertz CT molecular complexity index is 473. The molecule has 1 fully saturated rings. The Hall–Kier alpha value is -1.38. The molecule has 1 amide bonds. The molecule has 90 valence electrons. The Balaban J connectivity index is 2.12. The van der Waals surface area contributed by atoms with E-state index in [2.05, 4.69) is 15.0 Å². The summed E-state index contributed by atoms with van der Waals surface area (Å²) in [5, 5.41) is 11.1. The third-order valence-electron chi connectivity index (χ3n) is 2.16. The first-order valence-electron chi connectivity index (χ1n) is 4.94. The molecule has 0 spiro atoms. The minimum Gasteiger partial charge on any atom is -0.449 e. The molecule has 1 aromatic heterocycles. The lowest BCUT2D eigenvalue weighted by Gasteiger charge is -2.06. The van der Waals surface area contributed by atoms with Gasteiger partial charge in [-0.2, -0.15) is 4.98 Å². The van der Waals surface area contributed by atoms with E-state index in [-0.39, 0.29) is 17.7 Å². The van der Waals surface area contributed by atoms with E-state index in [4.69, 9.17) is 5.11 Å². The maximum Gasteiger partial charge on any atom is 0.512 e. The average molecular weight is 348 g/mol. The van der Waals surface area contributed by atoms with Crippen molar-refractivity contribution >= 4 is 40.5 Å². The summed E-state index contributed by atoms with van der Waals surface area (Å²) in [4.78, 5) is 25.8. The molecule has 1 heterocycles. The molecule has 1 aliphatic rings.